The van der Waals surface area contributed by atoms with Crippen LogP contribution in [0.15, 0.2) is 54.1 Å². The average molecular weight is 550 g/mol. The van der Waals surface area contributed by atoms with Crippen molar-refractivity contribution in [3.63, 3.8) is 0 Å². The average Bonchev–Trinajstić information content (AvgIpc) is 3.58. The van der Waals surface area contributed by atoms with Crippen LogP contribution in [0.5, 0.6) is 34.5 Å². The highest BCUT2D eigenvalue weighted by Gasteiger charge is 2.32. The Bertz CT molecular complexity index is 1440. The molecule has 0 aliphatic carbocycles. The van der Waals surface area contributed by atoms with Crippen LogP contribution < -0.4 is 28.4 Å². The van der Waals surface area contributed by atoms with E-state index in [2.05, 4.69) is 0 Å². The predicted molar refractivity (Wildman–Crippen MR) is 142 cm³/mol. The Labute approximate surface area is 229 Å². The second-order valence-corrected chi connectivity index (χ2v) is 9.10. The molecule has 0 aromatic heterocycles. The number of benzene rings is 3. The molecule has 1 unspecified atom stereocenters. The smallest absolute Gasteiger partial charge is 0.334 e. The van der Waals surface area contributed by atoms with Gasteiger partial charge in [-0.25, -0.2) is 4.79 Å². The summed E-state index contributed by atoms with van der Waals surface area (Å²) in [4.78, 5) is 23.1. The Balaban J connectivity index is 1.38. The quantitative estimate of drug-likeness (QED) is 0.152. The predicted octanol–water partition coefficient (Wildman–Crippen LogP) is 4.73. The molecule has 2 heterocycles. The topological polar surface area (TPSA) is 125 Å². The van der Waals surface area contributed by atoms with Gasteiger partial charge in [-0.15, -0.1) is 0 Å². The summed E-state index contributed by atoms with van der Waals surface area (Å²) < 4.78 is 39.0. The number of methoxy groups -OCH3 is 3. The number of ether oxygens (including phenoxy) is 7. The maximum absolute atomic E-state index is 12.7. The molecule has 1 fully saturated rings. The molecule has 40 heavy (non-hydrogen) atoms. The number of carbonyl (C=O) groups is 1. The monoisotopic (exact) mass is 549 g/mol. The van der Waals surface area contributed by atoms with Crippen molar-refractivity contribution in [2.24, 2.45) is 5.92 Å². The second-order valence-electron chi connectivity index (χ2n) is 9.10. The van der Waals surface area contributed by atoms with Crippen LogP contribution in [0.3, 0.4) is 0 Å². The van der Waals surface area contributed by atoms with Gasteiger partial charge >= 0.3 is 5.97 Å². The van der Waals surface area contributed by atoms with Gasteiger partial charge in [0.1, 0.15) is 6.61 Å². The van der Waals surface area contributed by atoms with Crippen LogP contribution >= 0.6 is 0 Å². The number of non-ortho nitro benzene ring substituents is 1. The fourth-order valence-corrected chi connectivity index (χ4v) is 4.62. The first-order valence-electron chi connectivity index (χ1n) is 12.4. The first kappa shape index (κ1) is 26.7. The highest BCUT2D eigenvalue weighted by atomic mass is 16.7. The lowest BCUT2D eigenvalue weighted by Crippen LogP contribution is -2.08. The van der Waals surface area contributed by atoms with Gasteiger partial charge in [-0.05, 0) is 65.6 Å². The minimum atomic E-state index is -0.458. The number of hydrogen-bond acceptors (Lipinski definition) is 10. The summed E-state index contributed by atoms with van der Waals surface area (Å²) in [7, 11) is 4.57. The molecule has 0 saturated carbocycles. The lowest BCUT2D eigenvalue weighted by molar-refractivity contribution is -0.384. The van der Waals surface area contributed by atoms with E-state index in [4.69, 9.17) is 33.2 Å². The van der Waals surface area contributed by atoms with E-state index in [1.165, 1.54) is 26.4 Å². The molecule has 5 rings (SSSR count). The summed E-state index contributed by atoms with van der Waals surface area (Å²) in [5.74, 6) is 2.30. The van der Waals surface area contributed by atoms with Crippen molar-refractivity contribution in [1.82, 2.24) is 0 Å². The molecule has 208 valence electrons. The van der Waals surface area contributed by atoms with Crippen molar-refractivity contribution >= 4 is 17.7 Å². The summed E-state index contributed by atoms with van der Waals surface area (Å²) in [5, 5.41) is 10.9. The number of carbonyl (C=O) groups excluding carboxylic acids is 1. The highest BCUT2D eigenvalue weighted by Crippen LogP contribution is 2.43. The SMILES string of the molecule is COc1cc(/C=C2/C(=O)OCC2Cc2cc(OC)c3c(c2)OCO3)cc(OC)c1OCc1ccc([N+](=O)[O-])cc1. The molecule has 0 spiro atoms. The van der Waals surface area contributed by atoms with Crippen molar-refractivity contribution in [2.45, 2.75) is 13.0 Å². The molecule has 0 N–H and O–H groups in total. The Morgan fingerprint density at radius 3 is 2.27 bits per heavy atom. The summed E-state index contributed by atoms with van der Waals surface area (Å²) in [5.41, 5.74) is 2.83. The molecule has 2 aliphatic heterocycles. The Morgan fingerprint density at radius 2 is 1.62 bits per heavy atom. The van der Waals surface area contributed by atoms with Crippen LogP contribution in [-0.2, 0) is 22.6 Å². The molecule has 3 aromatic rings. The molecule has 0 bridgehead atoms. The number of nitrogens with zero attached hydrogens (tertiary/aromatic N) is 1. The Morgan fingerprint density at radius 1 is 0.925 bits per heavy atom. The molecule has 1 saturated heterocycles. The van der Waals surface area contributed by atoms with Crippen LogP contribution in [0.1, 0.15) is 16.7 Å². The third-order valence-electron chi connectivity index (χ3n) is 6.63. The van der Waals surface area contributed by atoms with E-state index in [1.807, 2.05) is 12.1 Å². The van der Waals surface area contributed by atoms with Gasteiger partial charge in [0.25, 0.3) is 5.69 Å². The van der Waals surface area contributed by atoms with Gasteiger partial charge in [0.15, 0.2) is 23.0 Å². The van der Waals surface area contributed by atoms with Crippen molar-refractivity contribution in [1.29, 1.82) is 0 Å². The van der Waals surface area contributed by atoms with Gasteiger partial charge in [0, 0.05) is 23.6 Å². The van der Waals surface area contributed by atoms with Gasteiger partial charge in [-0.3, -0.25) is 10.1 Å². The van der Waals surface area contributed by atoms with Gasteiger partial charge in [0.2, 0.25) is 18.3 Å². The number of cyclic esters (lactones) is 1. The number of fused-ring (bicyclic) bond motifs is 1. The maximum atomic E-state index is 12.7. The largest absolute Gasteiger partial charge is 0.493 e. The zero-order valence-corrected chi connectivity index (χ0v) is 22.1. The zero-order chi connectivity index (χ0) is 28.2. The third kappa shape index (κ3) is 5.44. The Kier molecular flexibility index (Phi) is 7.63. The first-order valence-corrected chi connectivity index (χ1v) is 12.4. The first-order chi connectivity index (χ1) is 19.4. The van der Waals surface area contributed by atoms with Crippen molar-refractivity contribution < 1.29 is 42.9 Å². The summed E-state index contributed by atoms with van der Waals surface area (Å²) in [6.45, 7) is 0.507. The van der Waals surface area contributed by atoms with E-state index in [9.17, 15) is 14.9 Å². The van der Waals surface area contributed by atoms with Gasteiger partial charge in [0.05, 0.1) is 32.9 Å². The van der Waals surface area contributed by atoms with Gasteiger partial charge in [-0.2, -0.15) is 0 Å². The fraction of sp³-hybridized carbons (Fsp3) is 0.276. The summed E-state index contributed by atoms with van der Waals surface area (Å²) in [6, 6.07) is 13.3. The Hall–Kier alpha value is -4.93. The molecule has 1 atom stereocenters. The van der Waals surface area contributed by atoms with E-state index in [-0.39, 0.29) is 31.6 Å². The molecule has 3 aromatic carbocycles. The minimum Gasteiger partial charge on any atom is -0.493 e. The van der Waals surface area contributed by atoms with E-state index < -0.39 is 10.9 Å². The van der Waals surface area contributed by atoms with E-state index >= 15 is 0 Å². The lowest BCUT2D eigenvalue weighted by atomic mass is 9.92. The van der Waals surface area contributed by atoms with Gasteiger partial charge in [-0.1, -0.05) is 0 Å². The lowest BCUT2D eigenvalue weighted by Gasteiger charge is -2.16. The molecule has 11 nitrogen and oxygen atoms in total. The van der Waals surface area contributed by atoms with Crippen molar-refractivity contribution in [3.8, 4) is 34.5 Å². The second kappa shape index (κ2) is 11.4. The van der Waals surface area contributed by atoms with Crippen molar-refractivity contribution in [2.75, 3.05) is 34.7 Å². The third-order valence-corrected chi connectivity index (χ3v) is 6.63. The number of nitro groups is 1. The fourth-order valence-electron chi connectivity index (χ4n) is 4.62. The molecule has 0 radical (unpaired) electrons. The van der Waals surface area contributed by atoms with Crippen LogP contribution in [0.25, 0.3) is 6.08 Å². The standard InChI is InChI=1S/C29H27NO10/c1-34-23-11-19(12-24(35-2)27(23)37-14-17-4-6-21(7-5-17)30(32)33)9-22-20(15-38-29(22)31)8-18-10-25(36-3)28-26(13-18)39-16-40-28/h4-7,9-13,20H,8,14-16H2,1-3H3/b22-9+. The van der Waals surface area contributed by atoms with Crippen LogP contribution in [0.4, 0.5) is 5.69 Å². The molecule has 0 amide bonds. The number of nitro benzene ring substituents is 1. The number of rotatable bonds is 10. The highest BCUT2D eigenvalue weighted by molar-refractivity contribution is 5.96. The van der Waals surface area contributed by atoms with Gasteiger partial charge < -0.3 is 33.2 Å². The minimum absolute atomic E-state index is 0.00212. The normalized spacial score (nSPS) is 16.5. The van der Waals surface area contributed by atoms with E-state index in [0.717, 1.165) is 11.1 Å². The van der Waals surface area contributed by atoms with E-state index in [1.54, 1.807) is 37.5 Å². The zero-order valence-electron chi connectivity index (χ0n) is 22.1. The number of hydrogen-bond donors (Lipinski definition) is 0. The maximum Gasteiger partial charge on any atom is 0.334 e. The summed E-state index contributed by atoms with van der Waals surface area (Å²) in [6.07, 6.45) is 2.28. The van der Waals surface area contributed by atoms with Crippen LogP contribution in [0, 0.1) is 16.0 Å². The van der Waals surface area contributed by atoms with Crippen LogP contribution in [0.2, 0.25) is 0 Å². The van der Waals surface area contributed by atoms with Crippen LogP contribution in [-0.4, -0.2) is 45.6 Å². The molecular formula is C29H27NO10. The van der Waals surface area contributed by atoms with Crippen molar-refractivity contribution in [3.05, 3.63) is 80.9 Å². The molecule has 11 heteroatoms. The van der Waals surface area contributed by atoms with E-state index in [0.29, 0.717) is 52.1 Å². The summed E-state index contributed by atoms with van der Waals surface area (Å²) >= 11 is 0. The number of esters is 1. The molecule has 2 aliphatic rings. The molecular weight excluding hydrogens is 522 g/mol.